The first-order valence-electron chi connectivity index (χ1n) is 8.21. The van der Waals surface area contributed by atoms with E-state index in [1.807, 2.05) is 13.8 Å². The van der Waals surface area contributed by atoms with E-state index in [-0.39, 0.29) is 35.1 Å². The van der Waals surface area contributed by atoms with Crippen molar-refractivity contribution in [2.24, 2.45) is 5.10 Å². The molecule has 1 aromatic carbocycles. The number of benzene rings is 1. The third-order valence-corrected chi connectivity index (χ3v) is 5.22. The van der Waals surface area contributed by atoms with Gasteiger partial charge in [0.2, 0.25) is 11.7 Å². The number of aryl methyl sites for hydroxylation is 2. The SMILES string of the molecule is COc1cc(/C=N/NC(=O)Cc2nc3sc(C)c(C)c3c(=O)[nH]2)cc(O)c1O. The molecule has 3 rings (SSSR count). The fourth-order valence-corrected chi connectivity index (χ4v) is 3.65. The van der Waals surface area contributed by atoms with Gasteiger partial charge in [-0.25, -0.2) is 10.4 Å². The van der Waals surface area contributed by atoms with E-state index in [2.05, 4.69) is 20.5 Å². The monoisotopic (exact) mass is 402 g/mol. The van der Waals surface area contributed by atoms with Crippen molar-refractivity contribution in [3.63, 3.8) is 0 Å². The summed E-state index contributed by atoms with van der Waals surface area (Å²) in [6.45, 7) is 3.78. The smallest absolute Gasteiger partial charge is 0.259 e. The summed E-state index contributed by atoms with van der Waals surface area (Å²) in [5, 5.41) is 23.6. The number of methoxy groups -OCH3 is 1. The van der Waals surface area contributed by atoms with Crippen LogP contribution >= 0.6 is 11.3 Å². The number of carbonyl (C=O) groups excluding carboxylic acids is 1. The number of aromatic nitrogens is 2. The molecule has 10 heteroatoms. The number of thiophene rings is 1. The number of rotatable bonds is 5. The minimum Gasteiger partial charge on any atom is -0.504 e. The van der Waals surface area contributed by atoms with Crippen molar-refractivity contribution in [3.05, 3.63) is 44.3 Å². The molecule has 146 valence electrons. The fourth-order valence-electron chi connectivity index (χ4n) is 2.60. The number of aromatic hydroxyl groups is 2. The Kier molecular flexibility index (Phi) is 5.32. The zero-order valence-corrected chi connectivity index (χ0v) is 16.2. The predicted molar refractivity (Wildman–Crippen MR) is 105 cm³/mol. The van der Waals surface area contributed by atoms with Crippen molar-refractivity contribution in [2.75, 3.05) is 7.11 Å². The Bertz CT molecular complexity index is 1150. The Morgan fingerprint density at radius 1 is 1.39 bits per heavy atom. The third-order valence-electron chi connectivity index (χ3n) is 4.12. The molecule has 28 heavy (non-hydrogen) atoms. The molecular formula is C18H18N4O5S. The second-order valence-electron chi connectivity index (χ2n) is 6.04. The zero-order chi connectivity index (χ0) is 20.4. The van der Waals surface area contributed by atoms with E-state index in [1.54, 1.807) is 0 Å². The summed E-state index contributed by atoms with van der Waals surface area (Å²) in [6.07, 6.45) is 1.13. The van der Waals surface area contributed by atoms with Gasteiger partial charge in [-0.2, -0.15) is 5.10 Å². The van der Waals surface area contributed by atoms with Crippen LogP contribution in [0, 0.1) is 13.8 Å². The first-order valence-corrected chi connectivity index (χ1v) is 9.02. The molecule has 2 aromatic heterocycles. The molecule has 0 aliphatic carbocycles. The third kappa shape index (κ3) is 3.81. The van der Waals surface area contributed by atoms with Crippen LogP contribution in [-0.4, -0.2) is 39.4 Å². The van der Waals surface area contributed by atoms with Crippen LogP contribution in [0.2, 0.25) is 0 Å². The summed E-state index contributed by atoms with van der Waals surface area (Å²) >= 11 is 1.41. The van der Waals surface area contributed by atoms with Crippen LogP contribution in [0.1, 0.15) is 21.8 Å². The van der Waals surface area contributed by atoms with Gasteiger partial charge in [-0.3, -0.25) is 9.59 Å². The number of phenolic OH excluding ortho intramolecular Hbond substituents is 2. The molecule has 0 saturated heterocycles. The Hall–Kier alpha value is -3.40. The van der Waals surface area contributed by atoms with Gasteiger partial charge in [0.05, 0.1) is 25.1 Å². The summed E-state index contributed by atoms with van der Waals surface area (Å²) in [5.41, 5.74) is 3.35. The lowest BCUT2D eigenvalue weighted by atomic mass is 10.2. The van der Waals surface area contributed by atoms with E-state index < -0.39 is 5.91 Å². The minimum absolute atomic E-state index is 0.0735. The number of hydrogen-bond acceptors (Lipinski definition) is 8. The van der Waals surface area contributed by atoms with Gasteiger partial charge in [-0.05, 0) is 31.5 Å². The fraction of sp³-hybridized carbons (Fsp3) is 0.222. The maximum absolute atomic E-state index is 12.2. The van der Waals surface area contributed by atoms with Crippen LogP contribution in [0.4, 0.5) is 0 Å². The van der Waals surface area contributed by atoms with Crippen LogP contribution in [0.15, 0.2) is 22.0 Å². The number of hydrogen-bond donors (Lipinski definition) is 4. The number of fused-ring (bicyclic) bond motifs is 1. The topological polar surface area (TPSA) is 137 Å². The van der Waals surface area contributed by atoms with Crippen LogP contribution in [0.5, 0.6) is 17.2 Å². The number of H-pyrrole nitrogens is 1. The van der Waals surface area contributed by atoms with Crippen LogP contribution in [0.25, 0.3) is 10.2 Å². The highest BCUT2D eigenvalue weighted by atomic mass is 32.1. The average molecular weight is 402 g/mol. The maximum Gasteiger partial charge on any atom is 0.259 e. The number of hydrazone groups is 1. The lowest BCUT2D eigenvalue weighted by Crippen LogP contribution is -2.23. The Morgan fingerprint density at radius 3 is 2.86 bits per heavy atom. The Balaban J connectivity index is 1.71. The summed E-state index contributed by atoms with van der Waals surface area (Å²) < 4.78 is 4.93. The summed E-state index contributed by atoms with van der Waals surface area (Å²) in [6, 6.07) is 2.71. The molecule has 0 atom stereocenters. The first-order chi connectivity index (χ1) is 13.3. The number of aromatic amines is 1. The number of nitrogens with one attached hydrogen (secondary N) is 2. The molecule has 0 unspecified atom stereocenters. The van der Waals surface area contributed by atoms with Crippen molar-refractivity contribution < 1.29 is 19.7 Å². The van der Waals surface area contributed by atoms with Gasteiger partial charge in [-0.15, -0.1) is 11.3 Å². The van der Waals surface area contributed by atoms with Gasteiger partial charge in [0.25, 0.3) is 5.56 Å². The van der Waals surface area contributed by atoms with Crippen LogP contribution < -0.4 is 15.7 Å². The van der Waals surface area contributed by atoms with Crippen molar-refractivity contribution in [3.8, 4) is 17.2 Å². The summed E-state index contributed by atoms with van der Waals surface area (Å²) in [4.78, 5) is 32.9. The van der Waals surface area contributed by atoms with E-state index in [1.165, 1.54) is 36.8 Å². The Labute approximate surface area is 163 Å². The molecule has 2 heterocycles. The highest BCUT2D eigenvalue weighted by Crippen LogP contribution is 2.35. The number of carbonyl (C=O) groups is 1. The second-order valence-corrected chi connectivity index (χ2v) is 7.24. The Morgan fingerprint density at radius 2 is 2.14 bits per heavy atom. The van der Waals surface area contributed by atoms with Crippen molar-refractivity contribution in [2.45, 2.75) is 20.3 Å². The van der Waals surface area contributed by atoms with E-state index in [0.717, 1.165) is 10.4 Å². The number of ether oxygens (including phenoxy) is 1. The van der Waals surface area contributed by atoms with Gasteiger partial charge in [0, 0.05) is 10.4 Å². The molecular weight excluding hydrogens is 384 g/mol. The van der Waals surface area contributed by atoms with Gasteiger partial charge >= 0.3 is 0 Å². The van der Waals surface area contributed by atoms with E-state index in [4.69, 9.17) is 4.74 Å². The van der Waals surface area contributed by atoms with E-state index >= 15 is 0 Å². The van der Waals surface area contributed by atoms with Crippen LogP contribution in [-0.2, 0) is 11.2 Å². The van der Waals surface area contributed by atoms with Crippen molar-refractivity contribution >= 4 is 33.7 Å². The van der Waals surface area contributed by atoms with Gasteiger partial charge in [0.1, 0.15) is 10.7 Å². The highest BCUT2D eigenvalue weighted by molar-refractivity contribution is 7.18. The first kappa shape index (κ1) is 19.4. The molecule has 0 aliphatic rings. The standard InChI is InChI=1S/C18H18N4O5S/c1-8-9(2)28-18-15(8)17(26)20-13(21-18)6-14(24)22-19-7-10-4-11(23)16(25)12(5-10)27-3/h4-5,7,23,25H,6H2,1-3H3,(H,22,24)(H,20,21,26)/b19-7+. The van der Waals surface area contributed by atoms with Gasteiger partial charge < -0.3 is 19.9 Å². The molecule has 0 spiro atoms. The average Bonchev–Trinajstić information content (AvgIpc) is 2.92. The number of nitrogens with zero attached hydrogens (tertiary/aromatic N) is 2. The van der Waals surface area contributed by atoms with Crippen LogP contribution in [0.3, 0.4) is 0 Å². The van der Waals surface area contributed by atoms with E-state index in [9.17, 15) is 19.8 Å². The number of amides is 1. The van der Waals surface area contributed by atoms with Crippen molar-refractivity contribution in [1.82, 2.24) is 15.4 Å². The largest absolute Gasteiger partial charge is 0.504 e. The molecule has 4 N–H and O–H groups in total. The molecule has 1 amide bonds. The molecule has 3 aromatic rings. The molecule has 0 saturated carbocycles. The maximum atomic E-state index is 12.2. The molecule has 0 bridgehead atoms. The van der Waals surface area contributed by atoms with Gasteiger partial charge in [-0.1, -0.05) is 0 Å². The molecule has 9 nitrogen and oxygen atoms in total. The summed E-state index contributed by atoms with van der Waals surface area (Å²) in [5.74, 6) is -0.907. The molecule has 0 radical (unpaired) electrons. The minimum atomic E-state index is -0.473. The quantitative estimate of drug-likeness (QED) is 0.291. The predicted octanol–water partition coefficient (Wildman–Crippen LogP) is 1.71. The number of phenols is 2. The van der Waals surface area contributed by atoms with Crippen molar-refractivity contribution in [1.29, 1.82) is 0 Å². The normalized spacial score (nSPS) is 11.2. The highest BCUT2D eigenvalue weighted by Gasteiger charge is 2.13. The molecule has 0 aliphatic heterocycles. The lowest BCUT2D eigenvalue weighted by molar-refractivity contribution is -0.120. The lowest BCUT2D eigenvalue weighted by Gasteiger charge is -2.06. The van der Waals surface area contributed by atoms with E-state index in [0.29, 0.717) is 15.8 Å². The zero-order valence-electron chi connectivity index (χ0n) is 15.4. The van der Waals surface area contributed by atoms with Gasteiger partial charge in [0.15, 0.2) is 11.5 Å². The second kappa shape index (κ2) is 7.69. The molecule has 0 fully saturated rings. The summed E-state index contributed by atoms with van der Waals surface area (Å²) in [7, 11) is 1.35.